The van der Waals surface area contributed by atoms with Gasteiger partial charge in [0.2, 0.25) is 5.91 Å². The summed E-state index contributed by atoms with van der Waals surface area (Å²) in [6.07, 6.45) is 2.94. The van der Waals surface area contributed by atoms with Gasteiger partial charge in [0.1, 0.15) is 10.6 Å². The molecular formula is C22H17Cl2NO3S. The van der Waals surface area contributed by atoms with E-state index in [1.54, 1.807) is 24.3 Å². The molecule has 29 heavy (non-hydrogen) atoms. The monoisotopic (exact) mass is 445 g/mol. The van der Waals surface area contributed by atoms with Crippen LogP contribution in [0.4, 0.5) is 5.00 Å². The number of carbonyl (C=O) groups excluding carboxylic acids is 2. The Hall–Kier alpha value is -2.60. The second-order valence-electron chi connectivity index (χ2n) is 6.08. The molecule has 2 aromatic carbocycles. The lowest BCUT2D eigenvalue weighted by molar-refractivity contribution is -0.111. The van der Waals surface area contributed by atoms with Crippen LogP contribution in [-0.2, 0) is 9.53 Å². The zero-order valence-corrected chi connectivity index (χ0v) is 18.0. The fourth-order valence-corrected chi connectivity index (χ4v) is 4.38. The van der Waals surface area contributed by atoms with Gasteiger partial charge in [-0.3, -0.25) is 4.79 Å². The van der Waals surface area contributed by atoms with Gasteiger partial charge in [0.25, 0.3) is 0 Å². The van der Waals surface area contributed by atoms with Crippen LogP contribution < -0.4 is 5.32 Å². The first-order chi connectivity index (χ1) is 13.9. The van der Waals surface area contributed by atoms with E-state index >= 15 is 0 Å². The number of amides is 1. The van der Waals surface area contributed by atoms with Crippen LogP contribution in [0.25, 0.3) is 17.2 Å². The number of hydrogen-bond acceptors (Lipinski definition) is 4. The van der Waals surface area contributed by atoms with Crippen LogP contribution in [0.2, 0.25) is 10.0 Å². The fraction of sp³-hybridized carbons (Fsp3) is 0.0909. The molecule has 1 heterocycles. The van der Waals surface area contributed by atoms with Crippen molar-refractivity contribution in [3.63, 3.8) is 0 Å². The molecule has 0 saturated carbocycles. The number of anilines is 1. The van der Waals surface area contributed by atoms with Gasteiger partial charge in [0, 0.05) is 26.6 Å². The summed E-state index contributed by atoms with van der Waals surface area (Å²) in [7, 11) is 1.32. The van der Waals surface area contributed by atoms with E-state index in [4.69, 9.17) is 27.9 Å². The number of benzene rings is 2. The summed E-state index contributed by atoms with van der Waals surface area (Å²) in [4.78, 5) is 25.8. The number of halogens is 2. The average molecular weight is 446 g/mol. The van der Waals surface area contributed by atoms with Crippen molar-refractivity contribution in [1.82, 2.24) is 0 Å². The highest BCUT2D eigenvalue weighted by molar-refractivity contribution is 7.17. The summed E-state index contributed by atoms with van der Waals surface area (Å²) in [6.45, 7) is 1.90. The second kappa shape index (κ2) is 9.27. The van der Waals surface area contributed by atoms with Gasteiger partial charge < -0.3 is 10.1 Å². The number of aryl methyl sites for hydroxylation is 1. The molecule has 0 fully saturated rings. The van der Waals surface area contributed by atoms with E-state index in [1.807, 2.05) is 37.3 Å². The van der Waals surface area contributed by atoms with Crippen molar-refractivity contribution in [3.05, 3.63) is 80.7 Å². The Kier molecular flexibility index (Phi) is 6.75. The van der Waals surface area contributed by atoms with Crippen LogP contribution in [0.3, 0.4) is 0 Å². The predicted octanol–water partition coefficient (Wildman–Crippen LogP) is 6.47. The normalized spacial score (nSPS) is 10.9. The lowest BCUT2D eigenvalue weighted by atomic mass is 10.0. The first-order valence-electron chi connectivity index (χ1n) is 8.62. The van der Waals surface area contributed by atoms with Gasteiger partial charge in [-0.05, 0) is 36.3 Å². The third kappa shape index (κ3) is 4.88. The highest BCUT2D eigenvalue weighted by Gasteiger charge is 2.24. The molecule has 3 rings (SSSR count). The summed E-state index contributed by atoms with van der Waals surface area (Å²) in [5.41, 5.74) is 2.63. The number of esters is 1. The molecule has 1 amide bonds. The summed E-state index contributed by atoms with van der Waals surface area (Å²) in [5.74, 6) is -0.893. The molecular weight excluding hydrogens is 429 g/mol. The minimum atomic E-state index is -0.506. The maximum absolute atomic E-state index is 12.5. The van der Waals surface area contributed by atoms with Crippen LogP contribution in [0.5, 0.6) is 0 Å². The van der Waals surface area contributed by atoms with Crippen LogP contribution in [0.1, 0.15) is 20.8 Å². The SMILES string of the molecule is COC(=O)c1c(NC(=O)C=Cc2ccc(Cl)cc2Cl)sc(C)c1-c1ccccc1. The molecule has 1 aromatic heterocycles. The van der Waals surface area contributed by atoms with Gasteiger partial charge in [-0.2, -0.15) is 0 Å². The molecule has 0 atom stereocenters. The Morgan fingerprint density at radius 3 is 2.48 bits per heavy atom. The number of nitrogens with one attached hydrogen (secondary N) is 1. The third-order valence-corrected chi connectivity index (χ3v) is 5.73. The van der Waals surface area contributed by atoms with Crippen molar-refractivity contribution in [3.8, 4) is 11.1 Å². The molecule has 0 aliphatic heterocycles. The quantitative estimate of drug-likeness (QED) is 0.361. The first kappa shape index (κ1) is 21.1. The molecule has 3 aromatic rings. The minimum Gasteiger partial charge on any atom is -0.465 e. The van der Waals surface area contributed by atoms with E-state index in [1.165, 1.54) is 24.5 Å². The Bertz CT molecular complexity index is 1090. The van der Waals surface area contributed by atoms with Crippen LogP contribution in [0.15, 0.2) is 54.6 Å². The highest BCUT2D eigenvalue weighted by atomic mass is 35.5. The third-order valence-electron chi connectivity index (χ3n) is 4.15. The zero-order valence-electron chi connectivity index (χ0n) is 15.7. The lowest BCUT2D eigenvalue weighted by Gasteiger charge is -2.07. The van der Waals surface area contributed by atoms with Crippen molar-refractivity contribution in [2.45, 2.75) is 6.92 Å². The predicted molar refractivity (Wildman–Crippen MR) is 120 cm³/mol. The lowest BCUT2D eigenvalue weighted by Crippen LogP contribution is -2.11. The van der Waals surface area contributed by atoms with Crippen molar-refractivity contribution >= 4 is 57.5 Å². The smallest absolute Gasteiger partial charge is 0.341 e. The highest BCUT2D eigenvalue weighted by Crippen LogP contribution is 2.40. The molecule has 0 spiro atoms. The van der Waals surface area contributed by atoms with Gasteiger partial charge in [0.15, 0.2) is 0 Å². The van der Waals surface area contributed by atoms with Crippen LogP contribution >= 0.6 is 34.5 Å². The van der Waals surface area contributed by atoms with Crippen LogP contribution in [-0.4, -0.2) is 19.0 Å². The zero-order chi connectivity index (χ0) is 21.0. The topological polar surface area (TPSA) is 55.4 Å². The van der Waals surface area contributed by atoms with Crippen LogP contribution in [0, 0.1) is 6.92 Å². The summed E-state index contributed by atoms with van der Waals surface area (Å²) in [5, 5.41) is 4.17. The van der Waals surface area contributed by atoms with Gasteiger partial charge >= 0.3 is 5.97 Å². The Morgan fingerprint density at radius 1 is 1.10 bits per heavy atom. The molecule has 1 N–H and O–H groups in total. The number of methoxy groups -OCH3 is 1. The summed E-state index contributed by atoms with van der Waals surface area (Å²) in [6, 6.07) is 14.5. The number of carbonyl (C=O) groups is 2. The Morgan fingerprint density at radius 2 is 1.83 bits per heavy atom. The molecule has 0 saturated heterocycles. The minimum absolute atomic E-state index is 0.340. The summed E-state index contributed by atoms with van der Waals surface area (Å²) >= 11 is 13.3. The maximum Gasteiger partial charge on any atom is 0.341 e. The molecule has 0 bridgehead atoms. The van der Waals surface area contributed by atoms with Crippen molar-refractivity contribution in [2.75, 3.05) is 12.4 Å². The first-order valence-corrected chi connectivity index (χ1v) is 10.2. The van der Waals surface area contributed by atoms with Gasteiger partial charge in [-0.15, -0.1) is 11.3 Å². The van der Waals surface area contributed by atoms with E-state index < -0.39 is 5.97 Å². The van der Waals surface area contributed by atoms with E-state index in [9.17, 15) is 9.59 Å². The second-order valence-corrected chi connectivity index (χ2v) is 8.15. The maximum atomic E-state index is 12.5. The molecule has 0 aliphatic rings. The molecule has 148 valence electrons. The fourth-order valence-electron chi connectivity index (χ4n) is 2.84. The van der Waals surface area contributed by atoms with Gasteiger partial charge in [-0.25, -0.2) is 4.79 Å². The largest absolute Gasteiger partial charge is 0.465 e. The molecule has 0 unspecified atom stereocenters. The van der Waals surface area contributed by atoms with E-state index in [0.29, 0.717) is 26.2 Å². The molecule has 4 nitrogen and oxygen atoms in total. The van der Waals surface area contributed by atoms with Crippen molar-refractivity contribution in [2.24, 2.45) is 0 Å². The van der Waals surface area contributed by atoms with Crippen molar-refractivity contribution < 1.29 is 14.3 Å². The Labute approximate surface area is 182 Å². The number of rotatable bonds is 5. The van der Waals surface area contributed by atoms with Crippen molar-refractivity contribution in [1.29, 1.82) is 0 Å². The Balaban J connectivity index is 1.91. The number of thiophene rings is 1. The van der Waals surface area contributed by atoms with Gasteiger partial charge in [0.05, 0.1) is 7.11 Å². The average Bonchev–Trinajstić information content (AvgIpc) is 3.02. The van der Waals surface area contributed by atoms with E-state index in [0.717, 1.165) is 16.0 Å². The summed E-state index contributed by atoms with van der Waals surface area (Å²) < 4.78 is 4.96. The number of hydrogen-bond donors (Lipinski definition) is 1. The number of ether oxygens (including phenoxy) is 1. The molecule has 7 heteroatoms. The van der Waals surface area contributed by atoms with E-state index in [2.05, 4.69) is 5.32 Å². The standard InChI is InChI=1S/C22H17Cl2NO3S/c1-13-19(15-6-4-3-5-7-15)20(22(27)28-2)21(29-13)25-18(26)11-9-14-8-10-16(23)12-17(14)24/h3-12H,1-2H3,(H,25,26). The van der Waals surface area contributed by atoms with Gasteiger partial charge in [-0.1, -0.05) is 59.6 Å². The van der Waals surface area contributed by atoms with E-state index in [-0.39, 0.29) is 5.91 Å². The molecule has 0 aliphatic carbocycles. The molecule has 0 radical (unpaired) electrons.